The Kier molecular flexibility index (Phi) is 2.23. The SMILES string of the molecule is CCn1c(C)cnc1S(C)(=O)=O. The van der Waals surface area contributed by atoms with E-state index in [0.29, 0.717) is 6.54 Å². The summed E-state index contributed by atoms with van der Waals surface area (Å²) in [6.07, 6.45) is 2.74. The van der Waals surface area contributed by atoms with Crippen molar-refractivity contribution >= 4 is 9.84 Å². The summed E-state index contributed by atoms with van der Waals surface area (Å²) in [5.74, 6) is 0. The van der Waals surface area contributed by atoms with Gasteiger partial charge in [-0.15, -0.1) is 0 Å². The predicted octanol–water partition coefficient (Wildman–Crippen LogP) is 0.615. The molecule has 0 aliphatic rings. The third-order valence-electron chi connectivity index (χ3n) is 1.67. The van der Waals surface area contributed by atoms with Crippen molar-refractivity contribution < 1.29 is 8.42 Å². The molecule has 1 rings (SSSR count). The molecule has 12 heavy (non-hydrogen) atoms. The van der Waals surface area contributed by atoms with Gasteiger partial charge in [-0.25, -0.2) is 13.4 Å². The van der Waals surface area contributed by atoms with E-state index < -0.39 is 9.84 Å². The van der Waals surface area contributed by atoms with Gasteiger partial charge in [-0.05, 0) is 13.8 Å². The first-order valence-electron chi connectivity index (χ1n) is 3.69. The van der Waals surface area contributed by atoms with Crippen LogP contribution in [-0.4, -0.2) is 24.2 Å². The molecular weight excluding hydrogens is 176 g/mol. The lowest BCUT2D eigenvalue weighted by atomic mass is 10.5. The van der Waals surface area contributed by atoms with E-state index in [2.05, 4.69) is 4.98 Å². The maximum Gasteiger partial charge on any atom is 0.227 e. The fourth-order valence-corrected chi connectivity index (χ4v) is 2.04. The molecule has 0 amide bonds. The number of imidazole rings is 1. The lowest BCUT2D eigenvalue weighted by molar-refractivity contribution is 0.571. The van der Waals surface area contributed by atoms with Crippen molar-refractivity contribution in [1.29, 1.82) is 0 Å². The van der Waals surface area contributed by atoms with Gasteiger partial charge in [-0.2, -0.15) is 0 Å². The average molecular weight is 188 g/mol. The summed E-state index contributed by atoms with van der Waals surface area (Å²) in [6, 6.07) is 0. The van der Waals surface area contributed by atoms with Gasteiger partial charge in [0.1, 0.15) is 0 Å². The number of aromatic nitrogens is 2. The summed E-state index contributed by atoms with van der Waals surface area (Å²) >= 11 is 0. The van der Waals surface area contributed by atoms with Gasteiger partial charge in [-0.1, -0.05) is 0 Å². The van der Waals surface area contributed by atoms with Crippen molar-refractivity contribution in [3.05, 3.63) is 11.9 Å². The van der Waals surface area contributed by atoms with Crippen molar-refractivity contribution in [3.63, 3.8) is 0 Å². The standard InChI is InChI=1S/C7H12N2O2S/c1-4-9-6(2)5-8-7(9)12(3,10)11/h5H,4H2,1-3H3. The zero-order chi connectivity index (χ0) is 9.35. The Hall–Kier alpha value is -0.840. The molecule has 0 aliphatic carbocycles. The third-order valence-corrected chi connectivity index (χ3v) is 2.66. The number of nitrogens with zero attached hydrogens (tertiary/aromatic N) is 2. The van der Waals surface area contributed by atoms with Crippen LogP contribution in [0.4, 0.5) is 0 Å². The Balaban J connectivity index is 3.36. The molecule has 1 aromatic rings. The molecule has 0 N–H and O–H groups in total. The highest BCUT2D eigenvalue weighted by Crippen LogP contribution is 2.09. The molecule has 1 aromatic heterocycles. The first-order chi connectivity index (χ1) is 5.46. The predicted molar refractivity (Wildman–Crippen MR) is 45.7 cm³/mol. The molecule has 0 atom stereocenters. The van der Waals surface area contributed by atoms with E-state index in [4.69, 9.17) is 0 Å². The Labute approximate surface area is 72.2 Å². The van der Waals surface area contributed by atoms with Crippen molar-refractivity contribution in [2.24, 2.45) is 0 Å². The van der Waals surface area contributed by atoms with Crippen LogP contribution in [0.1, 0.15) is 12.6 Å². The van der Waals surface area contributed by atoms with Crippen LogP contribution in [0.15, 0.2) is 11.4 Å². The highest BCUT2D eigenvalue weighted by atomic mass is 32.2. The van der Waals surface area contributed by atoms with Crippen molar-refractivity contribution in [1.82, 2.24) is 9.55 Å². The molecule has 4 nitrogen and oxygen atoms in total. The molecule has 0 fully saturated rings. The molecule has 0 bridgehead atoms. The Morgan fingerprint density at radius 2 is 2.17 bits per heavy atom. The Morgan fingerprint density at radius 1 is 1.58 bits per heavy atom. The number of aryl methyl sites for hydroxylation is 1. The molecule has 0 unspecified atom stereocenters. The number of rotatable bonds is 2. The van der Waals surface area contributed by atoms with Crippen LogP contribution in [0, 0.1) is 6.92 Å². The summed E-state index contributed by atoms with van der Waals surface area (Å²) in [6.45, 7) is 4.36. The second-order valence-electron chi connectivity index (χ2n) is 2.70. The van der Waals surface area contributed by atoms with Crippen LogP contribution in [0.3, 0.4) is 0 Å². The second kappa shape index (κ2) is 2.90. The Morgan fingerprint density at radius 3 is 2.50 bits per heavy atom. The molecule has 0 aromatic carbocycles. The topological polar surface area (TPSA) is 52.0 Å². The monoisotopic (exact) mass is 188 g/mol. The minimum absolute atomic E-state index is 0.155. The lowest BCUT2D eigenvalue weighted by Gasteiger charge is -2.03. The first-order valence-corrected chi connectivity index (χ1v) is 5.58. The van der Waals surface area contributed by atoms with Crippen LogP contribution in [0.2, 0.25) is 0 Å². The summed E-state index contributed by atoms with van der Waals surface area (Å²) in [4.78, 5) is 3.83. The zero-order valence-corrected chi connectivity index (χ0v) is 8.22. The highest BCUT2D eigenvalue weighted by molar-refractivity contribution is 7.90. The van der Waals surface area contributed by atoms with E-state index in [1.54, 1.807) is 10.8 Å². The van der Waals surface area contributed by atoms with E-state index in [9.17, 15) is 8.42 Å². The van der Waals surface area contributed by atoms with E-state index in [1.165, 1.54) is 6.26 Å². The molecule has 0 saturated carbocycles. The van der Waals surface area contributed by atoms with Gasteiger partial charge in [-0.3, -0.25) is 0 Å². The number of sulfone groups is 1. The molecule has 0 radical (unpaired) electrons. The lowest BCUT2D eigenvalue weighted by Crippen LogP contribution is -2.09. The van der Waals surface area contributed by atoms with Crippen LogP contribution in [-0.2, 0) is 16.4 Å². The smallest absolute Gasteiger partial charge is 0.227 e. The van der Waals surface area contributed by atoms with Crippen LogP contribution in [0.5, 0.6) is 0 Å². The molecular formula is C7H12N2O2S. The average Bonchev–Trinajstić information content (AvgIpc) is 2.29. The molecule has 0 aliphatic heterocycles. The van der Waals surface area contributed by atoms with Crippen LogP contribution >= 0.6 is 0 Å². The van der Waals surface area contributed by atoms with Gasteiger partial charge < -0.3 is 4.57 Å². The normalized spacial score (nSPS) is 11.9. The summed E-state index contributed by atoms with van der Waals surface area (Å²) in [5.41, 5.74) is 0.873. The summed E-state index contributed by atoms with van der Waals surface area (Å²) < 4.78 is 24.0. The zero-order valence-electron chi connectivity index (χ0n) is 7.40. The van der Waals surface area contributed by atoms with E-state index in [1.807, 2.05) is 13.8 Å². The van der Waals surface area contributed by atoms with Crippen LogP contribution in [0.25, 0.3) is 0 Å². The molecule has 0 spiro atoms. The molecule has 1 heterocycles. The van der Waals surface area contributed by atoms with Gasteiger partial charge >= 0.3 is 0 Å². The first kappa shape index (κ1) is 9.25. The minimum atomic E-state index is -3.17. The summed E-state index contributed by atoms with van der Waals surface area (Å²) in [7, 11) is -3.17. The van der Waals surface area contributed by atoms with Gasteiger partial charge in [0.05, 0.1) is 0 Å². The Bertz CT molecular complexity index is 378. The summed E-state index contributed by atoms with van der Waals surface area (Å²) in [5, 5.41) is 0.155. The maximum atomic E-state index is 11.1. The highest BCUT2D eigenvalue weighted by Gasteiger charge is 2.15. The van der Waals surface area contributed by atoms with E-state index in [0.717, 1.165) is 5.69 Å². The molecule has 68 valence electrons. The van der Waals surface area contributed by atoms with Gasteiger partial charge in [0.25, 0.3) is 0 Å². The van der Waals surface area contributed by atoms with Gasteiger partial charge in [0.2, 0.25) is 15.0 Å². The maximum absolute atomic E-state index is 11.1. The van der Waals surface area contributed by atoms with Crippen molar-refractivity contribution in [2.45, 2.75) is 25.5 Å². The van der Waals surface area contributed by atoms with Crippen LogP contribution < -0.4 is 0 Å². The largest absolute Gasteiger partial charge is 0.320 e. The fourth-order valence-electron chi connectivity index (χ4n) is 1.12. The molecule has 0 saturated heterocycles. The number of hydrogen-bond donors (Lipinski definition) is 0. The quantitative estimate of drug-likeness (QED) is 0.683. The van der Waals surface area contributed by atoms with Gasteiger partial charge in [0, 0.05) is 24.7 Å². The fraction of sp³-hybridized carbons (Fsp3) is 0.571. The van der Waals surface area contributed by atoms with E-state index in [-0.39, 0.29) is 5.16 Å². The second-order valence-corrected chi connectivity index (χ2v) is 4.61. The third kappa shape index (κ3) is 1.50. The minimum Gasteiger partial charge on any atom is -0.320 e. The molecule has 5 heteroatoms. The number of hydrogen-bond acceptors (Lipinski definition) is 3. The van der Waals surface area contributed by atoms with Crippen molar-refractivity contribution in [2.75, 3.05) is 6.26 Å². The van der Waals surface area contributed by atoms with E-state index >= 15 is 0 Å². The van der Waals surface area contributed by atoms with Crippen molar-refractivity contribution in [3.8, 4) is 0 Å². The van der Waals surface area contributed by atoms with Gasteiger partial charge in [0.15, 0.2) is 0 Å².